The second-order valence-corrected chi connectivity index (χ2v) is 13.1. The molecule has 1 aromatic heterocycles. The lowest BCUT2D eigenvalue weighted by atomic mass is 9.81. The number of hydrogen-bond acceptors (Lipinski definition) is 8. The third-order valence-corrected chi connectivity index (χ3v) is 9.54. The number of amides is 4. The van der Waals surface area contributed by atoms with Crippen LogP contribution in [0.2, 0.25) is 5.02 Å². The highest BCUT2D eigenvalue weighted by atomic mass is 35.5. The van der Waals surface area contributed by atoms with E-state index in [2.05, 4.69) is 21.3 Å². The largest absolute Gasteiger partial charge is 0.481 e. The lowest BCUT2D eigenvalue weighted by Gasteiger charge is -2.28. The van der Waals surface area contributed by atoms with E-state index in [0.717, 1.165) is 28.5 Å². The molecule has 2 aromatic rings. The summed E-state index contributed by atoms with van der Waals surface area (Å²) in [7, 11) is 0. The number of rotatable bonds is 18. The molecule has 0 spiro atoms. The van der Waals surface area contributed by atoms with Crippen molar-refractivity contribution in [1.82, 2.24) is 21.3 Å². The zero-order chi connectivity index (χ0) is 34.5. The lowest BCUT2D eigenvalue weighted by molar-refractivity contribution is -0.141. The summed E-state index contributed by atoms with van der Waals surface area (Å²) in [5.74, 6) is -4.40. The number of thiophene rings is 1. The van der Waals surface area contributed by atoms with Crippen LogP contribution < -0.4 is 27.0 Å². The van der Waals surface area contributed by atoms with Crippen molar-refractivity contribution in [2.75, 3.05) is 13.1 Å². The van der Waals surface area contributed by atoms with Crippen molar-refractivity contribution >= 4 is 68.8 Å². The zero-order valence-electron chi connectivity index (χ0n) is 25.8. The number of hydrogen-bond donors (Lipinski definition) is 8. The van der Waals surface area contributed by atoms with Crippen LogP contribution in [-0.2, 0) is 30.4 Å². The van der Waals surface area contributed by atoms with Gasteiger partial charge in [-0.25, -0.2) is 14.4 Å². The summed E-state index contributed by atoms with van der Waals surface area (Å²) < 4.78 is 1.00. The molecule has 1 aromatic carbocycles. The van der Waals surface area contributed by atoms with Crippen molar-refractivity contribution in [3.8, 4) is 0 Å². The maximum absolute atomic E-state index is 13.4. The minimum absolute atomic E-state index is 0.0151. The van der Waals surface area contributed by atoms with Gasteiger partial charge in [0.15, 0.2) is 0 Å². The van der Waals surface area contributed by atoms with Gasteiger partial charge in [-0.1, -0.05) is 11.6 Å². The second kappa shape index (κ2) is 18.4. The van der Waals surface area contributed by atoms with Crippen molar-refractivity contribution in [3.63, 3.8) is 0 Å². The molecule has 258 valence electrons. The molecule has 0 unspecified atom stereocenters. The summed E-state index contributed by atoms with van der Waals surface area (Å²) in [6.07, 6.45) is 3.13. The first-order valence-corrected chi connectivity index (χ1v) is 16.8. The molecular formula is C31H42ClN5O9S. The molecule has 0 bridgehead atoms. The number of carbonyl (C=O) groups excluding carboxylic acids is 3. The monoisotopic (exact) mass is 695 g/mol. The van der Waals surface area contributed by atoms with Crippen molar-refractivity contribution in [3.05, 3.63) is 34.2 Å². The van der Waals surface area contributed by atoms with Crippen LogP contribution in [0.25, 0.3) is 10.1 Å². The Morgan fingerprint density at radius 3 is 2.17 bits per heavy atom. The van der Waals surface area contributed by atoms with E-state index < -0.39 is 48.5 Å². The summed E-state index contributed by atoms with van der Waals surface area (Å²) in [6.45, 7) is 0.765. The number of aliphatic carboxylic acids is 3. The van der Waals surface area contributed by atoms with Gasteiger partial charge in [0, 0.05) is 35.0 Å². The molecule has 3 atom stereocenters. The van der Waals surface area contributed by atoms with Gasteiger partial charge >= 0.3 is 23.9 Å². The van der Waals surface area contributed by atoms with Crippen LogP contribution in [0.15, 0.2) is 23.6 Å². The van der Waals surface area contributed by atoms with Gasteiger partial charge in [0.25, 0.3) is 0 Å². The summed E-state index contributed by atoms with van der Waals surface area (Å²) in [5, 5.41) is 41.0. The van der Waals surface area contributed by atoms with E-state index in [-0.39, 0.29) is 50.0 Å². The van der Waals surface area contributed by atoms with Crippen molar-refractivity contribution < 1.29 is 44.1 Å². The van der Waals surface area contributed by atoms with Crippen LogP contribution in [0, 0.1) is 11.8 Å². The Balaban J connectivity index is 1.55. The molecule has 1 fully saturated rings. The molecule has 3 rings (SSSR count). The van der Waals surface area contributed by atoms with Crippen LogP contribution in [-0.4, -0.2) is 82.3 Å². The quantitative estimate of drug-likeness (QED) is 0.106. The molecule has 0 aliphatic heterocycles. The van der Waals surface area contributed by atoms with E-state index in [4.69, 9.17) is 22.4 Å². The van der Waals surface area contributed by atoms with Crippen LogP contribution >= 0.6 is 22.9 Å². The molecule has 9 N–H and O–H groups in total. The molecule has 14 nitrogen and oxygen atoms in total. The maximum atomic E-state index is 13.4. The molecule has 1 heterocycles. The molecule has 4 amide bonds. The second-order valence-electron chi connectivity index (χ2n) is 11.7. The Morgan fingerprint density at radius 1 is 0.894 bits per heavy atom. The van der Waals surface area contributed by atoms with Gasteiger partial charge in [-0.05, 0) is 98.4 Å². The fraction of sp³-hybridized carbons (Fsp3) is 0.548. The normalized spacial score (nSPS) is 18.0. The molecule has 1 saturated carbocycles. The topological polar surface area (TPSA) is 237 Å². The molecular weight excluding hydrogens is 654 g/mol. The maximum Gasteiger partial charge on any atom is 0.326 e. The van der Waals surface area contributed by atoms with Crippen LogP contribution in [0.1, 0.15) is 63.4 Å². The first-order valence-electron chi connectivity index (χ1n) is 15.6. The number of benzene rings is 1. The minimum Gasteiger partial charge on any atom is -0.481 e. The number of carboxylic acids is 3. The highest BCUT2D eigenvalue weighted by Gasteiger charge is 2.30. The molecule has 16 heteroatoms. The van der Waals surface area contributed by atoms with Gasteiger partial charge < -0.3 is 42.3 Å². The highest BCUT2D eigenvalue weighted by molar-refractivity contribution is 7.17. The number of urea groups is 1. The van der Waals surface area contributed by atoms with Gasteiger partial charge in [-0.2, -0.15) is 0 Å². The van der Waals surface area contributed by atoms with Crippen molar-refractivity contribution in [1.29, 1.82) is 0 Å². The average Bonchev–Trinajstić information content (AvgIpc) is 3.42. The fourth-order valence-corrected chi connectivity index (χ4v) is 6.67. The first kappa shape index (κ1) is 37.5. The third-order valence-electron chi connectivity index (χ3n) is 8.30. The molecule has 1 aliphatic carbocycles. The third kappa shape index (κ3) is 12.0. The van der Waals surface area contributed by atoms with E-state index >= 15 is 0 Å². The average molecular weight is 696 g/mol. The standard InChI is InChI=1S/C31H42ClN5O9S/c32-20-8-10-25-21(14-20)19(16-47-25)13-24(35-27(40)18-6-4-17(15-33)5-7-18)28(41)34-12-2-1-3-22(29(42)43)36-31(46)37-23(30(44)45)9-11-26(38)39/h8,10,14,16-18,22-24H,1-7,9,11-13,15,33H2,(H,34,41)(H,35,40)(H,38,39)(H,42,43)(H,44,45)(H2,36,37,46)/t17?,18?,22-,23-,24+/m0/s1. The number of nitrogens with two attached hydrogens (primary N) is 1. The summed E-state index contributed by atoms with van der Waals surface area (Å²) in [6, 6.07) is 0.766. The number of carboxylic acid groups (broad SMARTS) is 3. The van der Waals surface area contributed by atoms with E-state index in [1.165, 1.54) is 11.3 Å². The Hall–Kier alpha value is -3.95. The van der Waals surface area contributed by atoms with E-state index in [1.54, 1.807) is 6.07 Å². The highest BCUT2D eigenvalue weighted by Crippen LogP contribution is 2.31. The van der Waals surface area contributed by atoms with E-state index in [9.17, 15) is 39.0 Å². The summed E-state index contributed by atoms with van der Waals surface area (Å²) in [5.41, 5.74) is 6.67. The molecule has 1 aliphatic rings. The van der Waals surface area contributed by atoms with Gasteiger partial charge in [0.05, 0.1) is 0 Å². The predicted octanol–water partition coefficient (Wildman–Crippen LogP) is 2.70. The number of unbranched alkanes of at least 4 members (excludes halogenated alkanes) is 1. The van der Waals surface area contributed by atoms with Crippen LogP contribution in [0.4, 0.5) is 4.79 Å². The molecule has 47 heavy (non-hydrogen) atoms. The van der Waals surface area contributed by atoms with Gasteiger partial charge in [0.2, 0.25) is 11.8 Å². The van der Waals surface area contributed by atoms with Gasteiger partial charge in [0.1, 0.15) is 18.1 Å². The Labute approximate surface area is 280 Å². The molecule has 0 radical (unpaired) electrons. The minimum atomic E-state index is -1.51. The number of fused-ring (bicyclic) bond motifs is 1. The Kier molecular flexibility index (Phi) is 14.7. The smallest absolute Gasteiger partial charge is 0.326 e. The molecule has 0 saturated heterocycles. The fourth-order valence-electron chi connectivity index (χ4n) is 5.54. The summed E-state index contributed by atoms with van der Waals surface area (Å²) in [4.78, 5) is 72.6. The van der Waals surface area contributed by atoms with Crippen LogP contribution in [0.5, 0.6) is 0 Å². The van der Waals surface area contributed by atoms with E-state index in [1.807, 2.05) is 17.5 Å². The number of nitrogens with one attached hydrogen (secondary N) is 4. The van der Waals surface area contributed by atoms with Crippen molar-refractivity contribution in [2.24, 2.45) is 17.6 Å². The van der Waals surface area contributed by atoms with Crippen molar-refractivity contribution in [2.45, 2.75) is 82.3 Å². The van der Waals surface area contributed by atoms with E-state index in [0.29, 0.717) is 36.7 Å². The Bertz CT molecular complexity index is 1430. The first-order chi connectivity index (χ1) is 22.4. The number of carbonyl (C=O) groups is 6. The zero-order valence-corrected chi connectivity index (χ0v) is 27.4. The number of halogens is 1. The van der Waals surface area contributed by atoms with Gasteiger partial charge in [-0.15, -0.1) is 11.3 Å². The van der Waals surface area contributed by atoms with Crippen LogP contribution in [0.3, 0.4) is 0 Å². The Morgan fingerprint density at radius 2 is 1.55 bits per heavy atom. The lowest BCUT2D eigenvalue weighted by Crippen LogP contribution is -2.51. The van der Waals surface area contributed by atoms with Gasteiger partial charge in [-0.3, -0.25) is 14.4 Å². The SMILES string of the molecule is NCC1CCC(C(=O)N[C@H](Cc2csc3ccc(Cl)cc23)C(=O)NCCCC[C@H](NC(=O)N[C@@H](CCC(=O)O)C(=O)O)C(=O)O)CC1. The predicted molar refractivity (Wildman–Crippen MR) is 175 cm³/mol. The summed E-state index contributed by atoms with van der Waals surface area (Å²) >= 11 is 7.74.